The molecule has 0 bridgehead atoms. The van der Waals surface area contributed by atoms with Gasteiger partial charge in [0.15, 0.2) is 0 Å². The largest absolute Gasteiger partial charge is 0.468 e. The molecule has 0 unspecified atom stereocenters. The first kappa shape index (κ1) is 16.5. The van der Waals surface area contributed by atoms with Crippen molar-refractivity contribution in [3.8, 4) is 6.07 Å². The van der Waals surface area contributed by atoms with Crippen molar-refractivity contribution in [2.75, 3.05) is 13.7 Å². The minimum Gasteiger partial charge on any atom is -0.468 e. The third kappa shape index (κ3) is 3.67. The van der Waals surface area contributed by atoms with Crippen molar-refractivity contribution in [1.82, 2.24) is 4.72 Å². The third-order valence-corrected chi connectivity index (χ3v) is 4.62. The summed E-state index contributed by atoms with van der Waals surface area (Å²) in [6.45, 7) is 0.0786. The molecule has 2 aromatic rings. The summed E-state index contributed by atoms with van der Waals surface area (Å²) in [5, 5.41) is 9.29. The van der Waals surface area contributed by atoms with E-state index < -0.39 is 16.1 Å². The van der Waals surface area contributed by atoms with Gasteiger partial charge in [0, 0.05) is 12.1 Å². The molecule has 0 aliphatic carbocycles. The Bertz CT molecular complexity index is 782. The van der Waals surface area contributed by atoms with Gasteiger partial charge in [0.1, 0.15) is 22.8 Å². The molecular weight excluding hydrogens is 328 g/mol. The first-order valence-corrected chi connectivity index (χ1v) is 8.08. The van der Waals surface area contributed by atoms with Crippen LogP contribution in [-0.2, 0) is 14.8 Å². The highest BCUT2D eigenvalue weighted by molar-refractivity contribution is 7.89. The summed E-state index contributed by atoms with van der Waals surface area (Å²) >= 11 is 5.83. The molecule has 0 amide bonds. The fourth-order valence-electron chi connectivity index (χ4n) is 1.89. The van der Waals surface area contributed by atoms with Crippen LogP contribution in [0.25, 0.3) is 0 Å². The number of nitriles is 1. The van der Waals surface area contributed by atoms with E-state index in [9.17, 15) is 8.42 Å². The number of sulfonamides is 1. The number of benzene rings is 1. The van der Waals surface area contributed by atoms with E-state index in [1.165, 1.54) is 31.6 Å². The lowest BCUT2D eigenvalue weighted by Gasteiger charge is -2.16. The summed E-state index contributed by atoms with van der Waals surface area (Å²) in [5.74, 6) is 0.408. The van der Waals surface area contributed by atoms with E-state index in [0.29, 0.717) is 5.76 Å². The Morgan fingerprint density at radius 2 is 2.23 bits per heavy atom. The summed E-state index contributed by atoms with van der Waals surface area (Å²) < 4.78 is 37.7. The van der Waals surface area contributed by atoms with E-state index in [1.807, 2.05) is 6.07 Å². The van der Waals surface area contributed by atoms with Gasteiger partial charge in [-0.05, 0) is 30.3 Å². The Morgan fingerprint density at radius 1 is 1.45 bits per heavy atom. The molecule has 0 spiro atoms. The van der Waals surface area contributed by atoms with E-state index >= 15 is 0 Å². The van der Waals surface area contributed by atoms with Crippen LogP contribution >= 0.6 is 11.6 Å². The summed E-state index contributed by atoms with van der Waals surface area (Å²) in [7, 11) is -2.52. The maximum atomic E-state index is 12.5. The summed E-state index contributed by atoms with van der Waals surface area (Å²) in [6.07, 6.45) is 1.44. The minimum absolute atomic E-state index is 0.00696. The molecule has 0 saturated heterocycles. The number of furan rings is 1. The van der Waals surface area contributed by atoms with Crippen LogP contribution in [0.2, 0.25) is 5.02 Å². The molecule has 1 N–H and O–H groups in total. The second-order valence-corrected chi connectivity index (χ2v) is 6.52. The third-order valence-electron chi connectivity index (χ3n) is 2.87. The van der Waals surface area contributed by atoms with Crippen LogP contribution < -0.4 is 4.72 Å². The first-order valence-electron chi connectivity index (χ1n) is 6.22. The zero-order chi connectivity index (χ0) is 16.2. The zero-order valence-corrected chi connectivity index (χ0v) is 13.2. The zero-order valence-electron chi connectivity index (χ0n) is 11.6. The van der Waals surface area contributed by atoms with E-state index in [0.717, 1.165) is 0 Å². The van der Waals surface area contributed by atoms with Crippen LogP contribution in [0.1, 0.15) is 17.4 Å². The molecule has 0 saturated carbocycles. The fraction of sp³-hybridized carbons (Fsp3) is 0.214. The van der Waals surface area contributed by atoms with E-state index in [1.54, 1.807) is 12.1 Å². The number of nitrogens with one attached hydrogen (secondary N) is 1. The molecule has 1 aromatic heterocycles. The van der Waals surface area contributed by atoms with Crippen molar-refractivity contribution in [2.45, 2.75) is 10.9 Å². The number of methoxy groups -OCH3 is 1. The molecule has 2 rings (SSSR count). The van der Waals surface area contributed by atoms with Crippen LogP contribution in [0, 0.1) is 11.3 Å². The molecule has 6 nitrogen and oxygen atoms in total. The molecule has 0 aliphatic rings. The Hall–Kier alpha value is -1.85. The number of ether oxygens (including phenoxy) is 1. The van der Waals surface area contributed by atoms with Gasteiger partial charge in [0.2, 0.25) is 10.0 Å². The van der Waals surface area contributed by atoms with Gasteiger partial charge in [-0.15, -0.1) is 0 Å². The Balaban J connectivity index is 2.38. The van der Waals surface area contributed by atoms with E-state index in [-0.39, 0.29) is 22.1 Å². The van der Waals surface area contributed by atoms with E-state index in [2.05, 4.69) is 4.72 Å². The van der Waals surface area contributed by atoms with Gasteiger partial charge >= 0.3 is 0 Å². The highest BCUT2D eigenvalue weighted by Gasteiger charge is 2.25. The predicted molar refractivity (Wildman–Crippen MR) is 79.8 cm³/mol. The number of nitrogens with zero attached hydrogens (tertiary/aromatic N) is 1. The maximum absolute atomic E-state index is 12.5. The molecule has 0 radical (unpaired) electrons. The Kier molecular flexibility index (Phi) is 5.21. The monoisotopic (exact) mass is 340 g/mol. The molecule has 1 aromatic carbocycles. The molecule has 1 heterocycles. The molecule has 116 valence electrons. The fourth-order valence-corrected chi connectivity index (χ4v) is 3.50. The van der Waals surface area contributed by atoms with E-state index in [4.69, 9.17) is 26.0 Å². The summed E-state index contributed by atoms with van der Waals surface area (Å²) in [6, 6.07) is 8.45. The van der Waals surface area contributed by atoms with Gasteiger partial charge in [0.05, 0.1) is 18.4 Å². The minimum atomic E-state index is -3.97. The van der Waals surface area contributed by atoms with Gasteiger partial charge in [-0.1, -0.05) is 11.6 Å². The van der Waals surface area contributed by atoms with Crippen molar-refractivity contribution in [1.29, 1.82) is 5.26 Å². The number of hydrogen-bond donors (Lipinski definition) is 1. The predicted octanol–water partition coefficient (Wildman–Crippen LogP) is 2.47. The van der Waals surface area contributed by atoms with Crippen molar-refractivity contribution in [2.24, 2.45) is 0 Å². The van der Waals surface area contributed by atoms with Gasteiger partial charge in [-0.2, -0.15) is 9.98 Å². The van der Waals surface area contributed by atoms with Crippen LogP contribution in [0.5, 0.6) is 0 Å². The normalized spacial score (nSPS) is 12.8. The molecule has 22 heavy (non-hydrogen) atoms. The summed E-state index contributed by atoms with van der Waals surface area (Å²) in [4.78, 5) is -0.185. The second-order valence-electron chi connectivity index (χ2n) is 4.40. The first-order chi connectivity index (χ1) is 10.5. The molecular formula is C14H13ClN2O4S. The highest BCUT2D eigenvalue weighted by atomic mass is 35.5. The van der Waals surface area contributed by atoms with Gasteiger partial charge < -0.3 is 9.15 Å². The van der Waals surface area contributed by atoms with Gasteiger partial charge in [-0.25, -0.2) is 8.42 Å². The van der Waals surface area contributed by atoms with Crippen molar-refractivity contribution < 1.29 is 17.6 Å². The van der Waals surface area contributed by atoms with Crippen LogP contribution in [0.3, 0.4) is 0 Å². The van der Waals surface area contributed by atoms with Crippen LogP contribution in [0.15, 0.2) is 45.9 Å². The number of hydrogen-bond acceptors (Lipinski definition) is 5. The quantitative estimate of drug-likeness (QED) is 0.872. The molecule has 0 aliphatic heterocycles. The number of rotatable bonds is 6. The average molecular weight is 341 g/mol. The SMILES string of the molecule is COC[C@H](NS(=O)(=O)c1cc(Cl)ccc1C#N)c1ccco1. The molecule has 8 heteroatoms. The summed E-state index contributed by atoms with van der Waals surface area (Å²) in [5.41, 5.74) is 0.00696. The van der Waals surface area contributed by atoms with Crippen LogP contribution in [-0.4, -0.2) is 22.1 Å². The van der Waals surface area contributed by atoms with Crippen LogP contribution in [0.4, 0.5) is 0 Å². The average Bonchev–Trinajstić information content (AvgIpc) is 3.01. The lowest BCUT2D eigenvalue weighted by Crippen LogP contribution is -2.31. The van der Waals surface area contributed by atoms with Crippen molar-refractivity contribution >= 4 is 21.6 Å². The lowest BCUT2D eigenvalue weighted by atomic mass is 10.2. The molecule has 0 fully saturated rings. The van der Waals surface area contributed by atoms with Gasteiger partial charge in [-0.3, -0.25) is 0 Å². The lowest BCUT2D eigenvalue weighted by molar-refractivity contribution is 0.166. The molecule has 1 atom stereocenters. The Labute approximate surface area is 133 Å². The smallest absolute Gasteiger partial charge is 0.242 e. The Morgan fingerprint density at radius 3 is 2.82 bits per heavy atom. The maximum Gasteiger partial charge on any atom is 0.242 e. The van der Waals surface area contributed by atoms with Gasteiger partial charge in [0.25, 0.3) is 0 Å². The van der Waals surface area contributed by atoms with Crippen molar-refractivity contribution in [3.63, 3.8) is 0 Å². The van der Waals surface area contributed by atoms with Crippen molar-refractivity contribution in [3.05, 3.63) is 52.9 Å². The second kappa shape index (κ2) is 6.94. The number of halogens is 1. The standard InChI is InChI=1S/C14H13ClN2O4S/c1-20-9-12(13-3-2-6-21-13)17-22(18,19)14-7-11(15)5-4-10(14)8-16/h2-7,12,17H,9H2,1H3/t12-/m0/s1. The highest BCUT2D eigenvalue weighted by Crippen LogP contribution is 2.23. The topological polar surface area (TPSA) is 92.3 Å².